The second-order valence-corrected chi connectivity index (χ2v) is 11.3. The lowest BCUT2D eigenvalue weighted by Crippen LogP contribution is -2.63. The molecule has 0 aliphatic carbocycles. The molecular formula is C36H39NO9. The molecule has 2 heterocycles. The number of fused-ring (bicyclic) bond motifs is 1. The Kier molecular flexibility index (Phi) is 11.6. The van der Waals surface area contributed by atoms with Crippen LogP contribution in [-0.4, -0.2) is 67.6 Å². The number of aliphatic hydroxyl groups is 1. The van der Waals surface area contributed by atoms with Crippen LogP contribution in [0.2, 0.25) is 0 Å². The molecule has 1 saturated heterocycles. The van der Waals surface area contributed by atoms with Gasteiger partial charge in [-0.15, -0.1) is 0 Å². The number of benzene rings is 3. The highest BCUT2D eigenvalue weighted by molar-refractivity contribution is 5.84. The molecular weight excluding hydrogens is 590 g/mol. The van der Waals surface area contributed by atoms with Gasteiger partial charge in [0, 0.05) is 12.8 Å². The van der Waals surface area contributed by atoms with Gasteiger partial charge < -0.3 is 28.8 Å². The molecule has 7 atom stereocenters. The number of rotatable bonds is 8. The maximum atomic E-state index is 13.9. The SMILES string of the molecule is CO[C@H]1O[C@H](CO)[C@@H](OC(=O)Nc2ccccc2)[C@@H]2OC(=O)[C@@H](Cc3ccccc3)C/C=C\C[C@H](Cc3ccccc3)C(=O)O[C@@H]12. The van der Waals surface area contributed by atoms with E-state index in [1.54, 1.807) is 30.3 Å². The molecule has 0 aromatic heterocycles. The Morgan fingerprint density at radius 1 is 0.783 bits per heavy atom. The van der Waals surface area contributed by atoms with Crippen molar-refractivity contribution in [3.63, 3.8) is 0 Å². The van der Waals surface area contributed by atoms with Crippen LogP contribution in [0.25, 0.3) is 0 Å². The maximum absolute atomic E-state index is 13.9. The van der Waals surface area contributed by atoms with E-state index in [-0.39, 0.29) is 0 Å². The Balaban J connectivity index is 1.49. The van der Waals surface area contributed by atoms with E-state index < -0.39 is 67.2 Å². The van der Waals surface area contributed by atoms with Crippen molar-refractivity contribution in [2.45, 2.75) is 56.4 Å². The predicted molar refractivity (Wildman–Crippen MR) is 168 cm³/mol. The molecule has 5 rings (SSSR count). The van der Waals surface area contributed by atoms with Crippen LogP contribution in [0.1, 0.15) is 24.0 Å². The molecule has 2 aliphatic rings. The lowest BCUT2D eigenvalue weighted by molar-refractivity contribution is -0.300. The molecule has 242 valence electrons. The van der Waals surface area contributed by atoms with Crippen molar-refractivity contribution in [1.29, 1.82) is 0 Å². The number of aliphatic hydroxyl groups excluding tert-OH is 1. The fraction of sp³-hybridized carbons (Fsp3) is 0.361. The van der Waals surface area contributed by atoms with E-state index >= 15 is 0 Å². The molecule has 46 heavy (non-hydrogen) atoms. The molecule has 2 N–H and O–H groups in total. The zero-order chi connectivity index (χ0) is 32.3. The van der Waals surface area contributed by atoms with Crippen LogP contribution in [0.3, 0.4) is 0 Å². The first-order chi connectivity index (χ1) is 22.4. The number of esters is 2. The number of methoxy groups -OCH3 is 1. The minimum atomic E-state index is -1.35. The maximum Gasteiger partial charge on any atom is 0.412 e. The highest BCUT2D eigenvalue weighted by Gasteiger charge is 2.53. The van der Waals surface area contributed by atoms with E-state index in [1.807, 2.05) is 72.8 Å². The van der Waals surface area contributed by atoms with E-state index in [0.717, 1.165) is 11.1 Å². The zero-order valence-corrected chi connectivity index (χ0v) is 25.6. The van der Waals surface area contributed by atoms with Gasteiger partial charge in [-0.1, -0.05) is 91.0 Å². The molecule has 3 aromatic carbocycles. The lowest BCUT2D eigenvalue weighted by Gasteiger charge is -2.44. The summed E-state index contributed by atoms with van der Waals surface area (Å²) in [6, 6.07) is 27.8. The first-order valence-corrected chi connectivity index (χ1v) is 15.4. The Labute approximate surface area is 268 Å². The predicted octanol–water partition coefficient (Wildman–Crippen LogP) is 4.86. The van der Waals surface area contributed by atoms with Gasteiger partial charge in [-0.25, -0.2) is 4.79 Å². The molecule has 10 heteroatoms. The van der Waals surface area contributed by atoms with Gasteiger partial charge in [0.2, 0.25) is 0 Å². The third-order valence-electron chi connectivity index (χ3n) is 8.10. The zero-order valence-electron chi connectivity index (χ0n) is 25.6. The van der Waals surface area contributed by atoms with Crippen LogP contribution in [0.5, 0.6) is 0 Å². The second-order valence-electron chi connectivity index (χ2n) is 11.3. The highest BCUT2D eigenvalue weighted by atomic mass is 16.7. The number of nitrogens with one attached hydrogen (secondary N) is 1. The number of carbonyl (C=O) groups excluding carboxylic acids is 3. The number of carbonyl (C=O) groups is 3. The van der Waals surface area contributed by atoms with Gasteiger partial charge in [0.25, 0.3) is 0 Å². The topological polar surface area (TPSA) is 130 Å². The highest BCUT2D eigenvalue weighted by Crippen LogP contribution is 2.32. The van der Waals surface area contributed by atoms with Gasteiger partial charge in [-0.2, -0.15) is 0 Å². The molecule has 2 aliphatic heterocycles. The molecule has 0 saturated carbocycles. The van der Waals surface area contributed by atoms with Crippen LogP contribution in [-0.2, 0) is 46.1 Å². The molecule has 10 nitrogen and oxygen atoms in total. The smallest absolute Gasteiger partial charge is 0.412 e. The van der Waals surface area contributed by atoms with Crippen molar-refractivity contribution < 1.29 is 43.2 Å². The third kappa shape index (κ3) is 8.60. The van der Waals surface area contributed by atoms with Crippen LogP contribution in [0, 0.1) is 11.8 Å². The van der Waals surface area contributed by atoms with Gasteiger partial charge in [-0.3, -0.25) is 14.9 Å². The minimum Gasteiger partial charge on any atom is -0.454 e. The summed E-state index contributed by atoms with van der Waals surface area (Å²) in [5.74, 6) is -2.30. The number of hydrogen-bond acceptors (Lipinski definition) is 9. The fourth-order valence-corrected chi connectivity index (χ4v) is 5.71. The Morgan fingerprint density at radius 3 is 1.78 bits per heavy atom. The van der Waals surface area contributed by atoms with Crippen LogP contribution >= 0.6 is 0 Å². The van der Waals surface area contributed by atoms with Crippen molar-refractivity contribution in [3.05, 3.63) is 114 Å². The second kappa shape index (κ2) is 16.2. The van der Waals surface area contributed by atoms with Crippen molar-refractivity contribution >= 4 is 23.7 Å². The first kappa shape index (κ1) is 32.9. The standard InChI is InChI=1S/C36H39NO9/c1-42-35-32-31(30(29(23-38)43-35)46-36(41)37-28-19-9-4-10-20-28)44-33(39)26(21-24-13-5-2-6-14-24)17-11-12-18-27(34(40)45-32)22-25-15-7-3-8-16-25/h2-16,19-20,26-27,29-32,35,38H,17-18,21-23H2,1H3,(H,37,41)/b12-11-/t26-,27-,29-,30-,31+,32-,35+/m1/s1. The van der Waals surface area contributed by atoms with Crippen LogP contribution < -0.4 is 5.32 Å². The van der Waals surface area contributed by atoms with Crippen molar-refractivity contribution in [3.8, 4) is 0 Å². The normalized spacial score (nSPS) is 27.5. The summed E-state index contributed by atoms with van der Waals surface area (Å²) in [7, 11) is 1.35. The van der Waals surface area contributed by atoms with E-state index in [9.17, 15) is 19.5 Å². The van der Waals surface area contributed by atoms with Crippen LogP contribution in [0.15, 0.2) is 103 Å². The summed E-state index contributed by atoms with van der Waals surface area (Å²) in [6.45, 7) is -0.593. The van der Waals surface area contributed by atoms with Gasteiger partial charge in [-0.05, 0) is 48.9 Å². The van der Waals surface area contributed by atoms with Crippen molar-refractivity contribution in [2.24, 2.45) is 11.8 Å². The molecule has 3 aromatic rings. The number of para-hydroxylation sites is 1. The molecule has 1 amide bonds. The summed E-state index contributed by atoms with van der Waals surface area (Å²) in [5, 5.41) is 12.9. The number of ether oxygens (including phenoxy) is 5. The summed E-state index contributed by atoms with van der Waals surface area (Å²) in [4.78, 5) is 40.8. The van der Waals surface area contributed by atoms with Crippen LogP contribution in [0.4, 0.5) is 10.5 Å². The molecule has 0 unspecified atom stereocenters. The molecule has 1 fully saturated rings. The van der Waals surface area contributed by atoms with Gasteiger partial charge in [0.15, 0.2) is 24.6 Å². The van der Waals surface area contributed by atoms with E-state index in [2.05, 4.69) is 5.32 Å². The Bertz CT molecular complexity index is 1450. The van der Waals surface area contributed by atoms with Gasteiger partial charge in [0.1, 0.15) is 6.10 Å². The number of hydrogen-bond donors (Lipinski definition) is 2. The molecule has 0 radical (unpaired) electrons. The monoisotopic (exact) mass is 629 g/mol. The summed E-state index contributed by atoms with van der Waals surface area (Å²) in [5.41, 5.74) is 2.37. The van der Waals surface area contributed by atoms with E-state index in [4.69, 9.17) is 23.7 Å². The Hall–Kier alpha value is -4.51. The van der Waals surface area contributed by atoms with E-state index in [0.29, 0.717) is 31.4 Å². The number of amides is 1. The summed E-state index contributed by atoms with van der Waals surface area (Å²) < 4.78 is 29.4. The average Bonchev–Trinajstić information content (AvgIpc) is 3.07. The van der Waals surface area contributed by atoms with Crippen molar-refractivity contribution in [1.82, 2.24) is 0 Å². The number of anilines is 1. The van der Waals surface area contributed by atoms with E-state index in [1.165, 1.54) is 7.11 Å². The first-order valence-electron chi connectivity index (χ1n) is 15.4. The average molecular weight is 630 g/mol. The van der Waals surface area contributed by atoms with Gasteiger partial charge in [0.05, 0.1) is 18.4 Å². The molecule has 0 spiro atoms. The molecule has 0 bridgehead atoms. The Morgan fingerprint density at radius 2 is 1.28 bits per heavy atom. The third-order valence-corrected chi connectivity index (χ3v) is 8.10. The quantitative estimate of drug-likeness (QED) is 0.204. The largest absolute Gasteiger partial charge is 0.454 e. The fourth-order valence-electron chi connectivity index (χ4n) is 5.71. The number of allylic oxidation sites excluding steroid dienone is 2. The summed E-state index contributed by atoms with van der Waals surface area (Å²) >= 11 is 0. The lowest BCUT2D eigenvalue weighted by atomic mass is 9.92. The minimum absolute atomic E-state index is 0.353. The summed E-state index contributed by atoms with van der Waals surface area (Å²) in [6.07, 6.45) is -1.94. The van der Waals surface area contributed by atoms with Gasteiger partial charge >= 0.3 is 18.0 Å². The van der Waals surface area contributed by atoms with Crippen molar-refractivity contribution in [2.75, 3.05) is 19.0 Å².